The van der Waals surface area contributed by atoms with E-state index >= 15 is 0 Å². The Balaban J connectivity index is 1.79. The van der Waals surface area contributed by atoms with Crippen LogP contribution < -0.4 is 5.32 Å². The number of hydrogen-bond acceptors (Lipinski definition) is 4. The highest BCUT2D eigenvalue weighted by atomic mass is 35.5. The minimum atomic E-state index is -0.329. The fourth-order valence-corrected chi connectivity index (χ4v) is 2.97. The van der Waals surface area contributed by atoms with Gasteiger partial charge in [-0.3, -0.25) is 9.48 Å². The van der Waals surface area contributed by atoms with Crippen LogP contribution in [0.1, 0.15) is 38.8 Å². The van der Waals surface area contributed by atoms with Gasteiger partial charge in [0.15, 0.2) is 5.69 Å². The van der Waals surface area contributed by atoms with E-state index in [-0.39, 0.29) is 11.6 Å². The Hall–Kier alpha value is -2.31. The molecule has 2 heterocycles. The molecule has 0 spiro atoms. The molecule has 136 valence electrons. The first-order chi connectivity index (χ1) is 12.4. The average Bonchev–Trinajstić information content (AvgIpc) is 3.10. The van der Waals surface area contributed by atoms with E-state index < -0.39 is 0 Å². The predicted octanol–water partition coefficient (Wildman–Crippen LogP) is 4.08. The summed E-state index contributed by atoms with van der Waals surface area (Å²) in [6.45, 7) is 6.13. The number of nitrogens with zero attached hydrogens (tertiary/aromatic N) is 3. The number of halogens is 2. The van der Waals surface area contributed by atoms with Gasteiger partial charge in [-0.1, -0.05) is 46.6 Å². The summed E-state index contributed by atoms with van der Waals surface area (Å²) in [6.07, 6.45) is 0. The van der Waals surface area contributed by atoms with Crippen molar-refractivity contribution in [1.82, 2.24) is 20.3 Å². The maximum absolute atomic E-state index is 12.6. The lowest BCUT2D eigenvalue weighted by atomic mass is 10.1. The van der Waals surface area contributed by atoms with Crippen LogP contribution in [0.3, 0.4) is 0 Å². The van der Waals surface area contributed by atoms with Crippen LogP contribution in [-0.2, 0) is 13.1 Å². The van der Waals surface area contributed by atoms with Crippen LogP contribution in [0.2, 0.25) is 10.0 Å². The topological polar surface area (TPSA) is 73.0 Å². The van der Waals surface area contributed by atoms with Gasteiger partial charge in [-0.25, -0.2) is 0 Å². The number of carbonyl (C=O) groups excluding carboxylic acids is 1. The van der Waals surface area contributed by atoms with Crippen molar-refractivity contribution in [3.63, 3.8) is 0 Å². The lowest BCUT2D eigenvalue weighted by Crippen LogP contribution is -2.25. The quantitative estimate of drug-likeness (QED) is 0.709. The van der Waals surface area contributed by atoms with Gasteiger partial charge in [0.25, 0.3) is 5.91 Å². The molecule has 3 aromatic rings. The molecule has 0 bridgehead atoms. The van der Waals surface area contributed by atoms with Gasteiger partial charge >= 0.3 is 0 Å². The maximum Gasteiger partial charge on any atom is 0.274 e. The monoisotopic (exact) mass is 392 g/mol. The van der Waals surface area contributed by atoms with Crippen molar-refractivity contribution in [1.29, 1.82) is 0 Å². The fraction of sp³-hybridized carbons (Fsp3) is 0.278. The second-order valence-corrected chi connectivity index (χ2v) is 6.77. The van der Waals surface area contributed by atoms with Gasteiger partial charge in [-0.05, 0) is 32.4 Å². The summed E-state index contributed by atoms with van der Waals surface area (Å²) >= 11 is 12.3. The first-order valence-corrected chi connectivity index (χ1v) is 8.80. The van der Waals surface area contributed by atoms with Gasteiger partial charge in [0.1, 0.15) is 5.76 Å². The molecule has 3 rings (SSSR count). The number of nitrogens with one attached hydrogen (secondary N) is 1. The zero-order valence-corrected chi connectivity index (χ0v) is 16.1. The number of benzene rings is 1. The second-order valence-electron chi connectivity index (χ2n) is 5.98. The van der Waals surface area contributed by atoms with Crippen molar-refractivity contribution in [3.8, 4) is 0 Å². The lowest BCUT2D eigenvalue weighted by molar-refractivity contribution is 0.0941. The molecule has 0 aliphatic heterocycles. The Bertz CT molecular complexity index is 962. The summed E-state index contributed by atoms with van der Waals surface area (Å²) in [7, 11) is 0. The Morgan fingerprint density at radius 2 is 1.96 bits per heavy atom. The summed E-state index contributed by atoms with van der Waals surface area (Å²) in [5, 5.41) is 12.3. The van der Waals surface area contributed by atoms with Crippen molar-refractivity contribution in [2.45, 2.75) is 33.9 Å². The van der Waals surface area contributed by atoms with Crippen molar-refractivity contribution in [2.75, 3.05) is 0 Å². The third-order valence-electron chi connectivity index (χ3n) is 4.20. The molecule has 0 aliphatic rings. The molecule has 0 saturated carbocycles. The Morgan fingerprint density at radius 3 is 2.62 bits per heavy atom. The van der Waals surface area contributed by atoms with Crippen LogP contribution in [0, 0.1) is 20.8 Å². The summed E-state index contributed by atoms with van der Waals surface area (Å²) in [4.78, 5) is 12.6. The van der Waals surface area contributed by atoms with E-state index in [4.69, 9.17) is 27.7 Å². The molecule has 0 saturated heterocycles. The molecule has 0 fully saturated rings. The molecular formula is C18H18Cl2N4O2. The minimum absolute atomic E-state index is 0.234. The summed E-state index contributed by atoms with van der Waals surface area (Å²) in [5.41, 5.74) is 3.30. The highest BCUT2D eigenvalue weighted by molar-refractivity contribution is 6.32. The van der Waals surface area contributed by atoms with E-state index in [9.17, 15) is 4.79 Å². The molecule has 8 heteroatoms. The van der Waals surface area contributed by atoms with E-state index in [0.717, 1.165) is 17.0 Å². The molecule has 0 atom stereocenters. The molecule has 6 nitrogen and oxygen atoms in total. The number of aromatic nitrogens is 3. The molecule has 2 aromatic heterocycles. The third-order valence-corrected chi connectivity index (χ3v) is 5.11. The first-order valence-electron chi connectivity index (χ1n) is 8.04. The van der Waals surface area contributed by atoms with Crippen molar-refractivity contribution in [2.24, 2.45) is 0 Å². The molecule has 1 amide bonds. The van der Waals surface area contributed by atoms with E-state index in [2.05, 4.69) is 15.6 Å². The van der Waals surface area contributed by atoms with Gasteiger partial charge in [-0.2, -0.15) is 5.10 Å². The van der Waals surface area contributed by atoms with Crippen LogP contribution in [0.4, 0.5) is 0 Å². The molecular weight excluding hydrogens is 375 g/mol. The molecule has 0 radical (unpaired) electrons. The fourth-order valence-electron chi connectivity index (χ4n) is 2.64. The van der Waals surface area contributed by atoms with Gasteiger partial charge in [0, 0.05) is 17.1 Å². The molecule has 1 N–H and O–H groups in total. The van der Waals surface area contributed by atoms with Gasteiger partial charge < -0.3 is 9.84 Å². The molecule has 1 aromatic carbocycles. The highest BCUT2D eigenvalue weighted by Gasteiger charge is 2.22. The summed E-state index contributed by atoms with van der Waals surface area (Å²) in [6, 6.07) is 7.34. The van der Waals surface area contributed by atoms with Crippen molar-refractivity contribution < 1.29 is 9.32 Å². The van der Waals surface area contributed by atoms with Gasteiger partial charge in [-0.15, -0.1) is 0 Å². The smallest absolute Gasteiger partial charge is 0.274 e. The van der Waals surface area contributed by atoms with Crippen LogP contribution in [0.25, 0.3) is 0 Å². The minimum Gasteiger partial charge on any atom is -0.361 e. The number of amides is 1. The van der Waals surface area contributed by atoms with Crippen LogP contribution in [-0.4, -0.2) is 20.8 Å². The molecule has 0 aliphatic carbocycles. The van der Waals surface area contributed by atoms with Crippen LogP contribution in [0.5, 0.6) is 0 Å². The predicted molar refractivity (Wildman–Crippen MR) is 99.7 cm³/mol. The number of hydrogen-bond donors (Lipinski definition) is 1. The van der Waals surface area contributed by atoms with Gasteiger partial charge in [0.05, 0.1) is 23.0 Å². The summed E-state index contributed by atoms with van der Waals surface area (Å²) in [5.74, 6) is 0.237. The zero-order valence-electron chi connectivity index (χ0n) is 14.6. The zero-order chi connectivity index (χ0) is 18.8. The van der Waals surface area contributed by atoms with Gasteiger partial charge in [0.2, 0.25) is 0 Å². The van der Waals surface area contributed by atoms with Crippen molar-refractivity contribution in [3.05, 3.63) is 68.3 Å². The molecule has 0 unspecified atom stereocenters. The Morgan fingerprint density at radius 1 is 1.23 bits per heavy atom. The highest BCUT2D eigenvalue weighted by Crippen LogP contribution is 2.22. The van der Waals surface area contributed by atoms with E-state index in [1.165, 1.54) is 0 Å². The van der Waals surface area contributed by atoms with Crippen LogP contribution >= 0.6 is 23.2 Å². The van der Waals surface area contributed by atoms with E-state index in [0.29, 0.717) is 34.5 Å². The normalized spacial score (nSPS) is 11.0. The third kappa shape index (κ3) is 3.61. The number of rotatable bonds is 5. The maximum atomic E-state index is 12.6. The SMILES string of the molecule is Cc1nn(Cc2c(C(=O)NCc3ccccc3Cl)noc2C)c(C)c1Cl. The number of carbonyl (C=O) groups is 1. The van der Waals surface area contributed by atoms with Crippen molar-refractivity contribution >= 4 is 29.1 Å². The first kappa shape index (κ1) is 18.5. The van der Waals surface area contributed by atoms with Crippen LogP contribution in [0.15, 0.2) is 28.8 Å². The standard InChI is InChI=1S/C18H18Cl2N4O2/c1-10-16(20)11(2)24(22-10)9-14-12(3)26-23-17(14)18(25)21-8-13-6-4-5-7-15(13)19/h4-7H,8-9H2,1-3H3,(H,21,25). The largest absolute Gasteiger partial charge is 0.361 e. The number of aryl methyl sites for hydroxylation is 2. The Labute approximate surface area is 161 Å². The average molecular weight is 393 g/mol. The van der Waals surface area contributed by atoms with E-state index in [1.807, 2.05) is 32.0 Å². The van der Waals surface area contributed by atoms with E-state index in [1.54, 1.807) is 17.7 Å². The molecule has 26 heavy (non-hydrogen) atoms. The second kappa shape index (κ2) is 7.51. The Kier molecular flexibility index (Phi) is 5.34. The lowest BCUT2D eigenvalue weighted by Gasteiger charge is -2.08. The summed E-state index contributed by atoms with van der Waals surface area (Å²) < 4.78 is 6.97.